The third-order valence-electron chi connectivity index (χ3n) is 3.69. The average molecular weight is 246 g/mol. The number of amides is 1. The molecule has 1 aromatic rings. The van der Waals surface area contributed by atoms with Crippen molar-refractivity contribution in [3.05, 3.63) is 35.9 Å². The highest BCUT2D eigenvalue weighted by molar-refractivity contribution is 5.79. The Kier molecular flexibility index (Phi) is 4.37. The van der Waals surface area contributed by atoms with Gasteiger partial charge in [0.15, 0.2) is 0 Å². The quantitative estimate of drug-likeness (QED) is 0.808. The van der Waals surface area contributed by atoms with Crippen LogP contribution in [-0.4, -0.2) is 12.5 Å². The highest BCUT2D eigenvalue weighted by Gasteiger charge is 2.24. The van der Waals surface area contributed by atoms with E-state index in [4.69, 9.17) is 5.73 Å². The van der Waals surface area contributed by atoms with Gasteiger partial charge in [-0.3, -0.25) is 4.79 Å². The Bertz CT molecular complexity index is 387. The summed E-state index contributed by atoms with van der Waals surface area (Å²) >= 11 is 0. The molecule has 1 amide bonds. The Balaban J connectivity index is 1.81. The number of rotatable bonds is 6. The maximum Gasteiger partial charge on any atom is 0.224 e. The van der Waals surface area contributed by atoms with Gasteiger partial charge in [-0.2, -0.15) is 0 Å². The van der Waals surface area contributed by atoms with Crippen molar-refractivity contribution in [3.63, 3.8) is 0 Å². The Morgan fingerprint density at radius 1 is 1.39 bits per heavy atom. The highest BCUT2D eigenvalue weighted by atomic mass is 16.1. The summed E-state index contributed by atoms with van der Waals surface area (Å²) < 4.78 is 0. The van der Waals surface area contributed by atoms with Gasteiger partial charge in [-0.05, 0) is 17.9 Å². The smallest absolute Gasteiger partial charge is 0.224 e. The van der Waals surface area contributed by atoms with Crippen LogP contribution in [0.25, 0.3) is 0 Å². The molecule has 1 fully saturated rings. The fraction of sp³-hybridized carbons (Fsp3) is 0.533. The summed E-state index contributed by atoms with van der Waals surface area (Å²) in [5.41, 5.74) is 7.14. The maximum absolute atomic E-state index is 12.0. The van der Waals surface area contributed by atoms with Crippen LogP contribution in [0.3, 0.4) is 0 Å². The first kappa shape index (κ1) is 13.1. The van der Waals surface area contributed by atoms with Gasteiger partial charge in [-0.25, -0.2) is 0 Å². The molecule has 0 aliphatic heterocycles. The molecule has 0 spiro atoms. The van der Waals surface area contributed by atoms with Gasteiger partial charge >= 0.3 is 0 Å². The molecule has 0 aromatic heterocycles. The van der Waals surface area contributed by atoms with Crippen molar-refractivity contribution in [1.29, 1.82) is 0 Å². The Hall–Kier alpha value is -1.35. The van der Waals surface area contributed by atoms with Crippen LogP contribution >= 0.6 is 0 Å². The van der Waals surface area contributed by atoms with Crippen molar-refractivity contribution in [3.8, 4) is 0 Å². The van der Waals surface area contributed by atoms with Gasteiger partial charge in [0.2, 0.25) is 5.91 Å². The zero-order valence-electron chi connectivity index (χ0n) is 10.9. The molecule has 3 nitrogen and oxygen atoms in total. The van der Waals surface area contributed by atoms with Gasteiger partial charge in [0.1, 0.15) is 0 Å². The minimum atomic E-state index is -0.230. The second-order valence-electron chi connectivity index (χ2n) is 5.25. The lowest BCUT2D eigenvalue weighted by Gasteiger charge is -2.19. The zero-order valence-corrected chi connectivity index (χ0v) is 10.9. The number of benzene rings is 1. The van der Waals surface area contributed by atoms with Crippen LogP contribution in [0.15, 0.2) is 30.3 Å². The number of hydrogen-bond donors (Lipinski definition) is 2. The topological polar surface area (TPSA) is 55.1 Å². The fourth-order valence-electron chi connectivity index (χ4n) is 2.09. The molecule has 1 aromatic carbocycles. The van der Waals surface area contributed by atoms with Crippen LogP contribution in [0, 0.1) is 11.8 Å². The summed E-state index contributed by atoms with van der Waals surface area (Å²) in [6.07, 6.45) is 3.77. The maximum atomic E-state index is 12.0. The molecular weight excluding hydrogens is 224 g/mol. The van der Waals surface area contributed by atoms with Gasteiger partial charge in [0.05, 0.1) is 5.92 Å². The van der Waals surface area contributed by atoms with Gasteiger partial charge in [-0.15, -0.1) is 0 Å². The van der Waals surface area contributed by atoms with E-state index in [1.54, 1.807) is 0 Å². The first-order chi connectivity index (χ1) is 8.68. The molecule has 0 heterocycles. The zero-order chi connectivity index (χ0) is 13.0. The summed E-state index contributed by atoms with van der Waals surface area (Å²) in [5, 5.41) is 2.99. The molecule has 2 atom stereocenters. The van der Waals surface area contributed by atoms with E-state index in [1.807, 2.05) is 37.3 Å². The Labute approximate surface area is 109 Å². The summed E-state index contributed by atoms with van der Waals surface area (Å²) in [4.78, 5) is 12.0. The van der Waals surface area contributed by atoms with Gasteiger partial charge < -0.3 is 11.1 Å². The molecule has 3 N–H and O–H groups in total. The molecule has 2 unspecified atom stereocenters. The van der Waals surface area contributed by atoms with Gasteiger partial charge in [-0.1, -0.05) is 50.1 Å². The van der Waals surface area contributed by atoms with Crippen molar-refractivity contribution in [2.75, 3.05) is 6.54 Å². The minimum Gasteiger partial charge on any atom is -0.356 e. The van der Waals surface area contributed by atoms with E-state index in [1.165, 1.54) is 12.8 Å². The van der Waals surface area contributed by atoms with Crippen molar-refractivity contribution in [1.82, 2.24) is 5.32 Å². The average Bonchev–Trinajstić information content (AvgIpc) is 3.22. The minimum absolute atomic E-state index is 0.0620. The molecule has 98 valence electrons. The highest BCUT2D eigenvalue weighted by Crippen LogP contribution is 2.31. The molecule has 2 rings (SSSR count). The molecule has 1 aliphatic rings. The monoisotopic (exact) mass is 246 g/mol. The van der Waals surface area contributed by atoms with Crippen LogP contribution < -0.4 is 11.1 Å². The van der Waals surface area contributed by atoms with Crippen LogP contribution in [0.1, 0.15) is 37.8 Å². The van der Waals surface area contributed by atoms with Crippen molar-refractivity contribution in [2.45, 2.75) is 32.2 Å². The summed E-state index contributed by atoms with van der Waals surface area (Å²) in [7, 11) is 0. The standard InChI is InChI=1S/C15H22N2O/c1-11(14(16)13-5-3-2-4-6-13)15(18)17-10-9-12-7-8-12/h2-6,11-12,14H,7-10,16H2,1H3,(H,17,18). The SMILES string of the molecule is CC(C(=O)NCCC1CC1)C(N)c1ccccc1. The van der Waals surface area contributed by atoms with E-state index in [0.29, 0.717) is 0 Å². The van der Waals surface area contributed by atoms with Gasteiger partial charge in [0.25, 0.3) is 0 Å². The molecule has 18 heavy (non-hydrogen) atoms. The largest absolute Gasteiger partial charge is 0.356 e. The first-order valence-corrected chi connectivity index (χ1v) is 6.76. The van der Waals surface area contributed by atoms with E-state index in [2.05, 4.69) is 5.32 Å². The normalized spacial score (nSPS) is 18.1. The lowest BCUT2D eigenvalue weighted by molar-refractivity contribution is -0.125. The third-order valence-corrected chi connectivity index (χ3v) is 3.69. The van der Waals surface area contributed by atoms with Crippen LogP contribution in [0.2, 0.25) is 0 Å². The van der Waals surface area contributed by atoms with E-state index >= 15 is 0 Å². The second kappa shape index (κ2) is 6.01. The summed E-state index contributed by atoms with van der Waals surface area (Å²) in [5.74, 6) is 0.724. The lowest BCUT2D eigenvalue weighted by Crippen LogP contribution is -2.36. The molecular formula is C15H22N2O. The van der Waals surface area contributed by atoms with E-state index in [0.717, 1.165) is 24.4 Å². The Morgan fingerprint density at radius 3 is 2.67 bits per heavy atom. The van der Waals surface area contributed by atoms with Crippen LogP contribution in [-0.2, 0) is 4.79 Å². The van der Waals surface area contributed by atoms with E-state index in [9.17, 15) is 4.79 Å². The molecule has 0 radical (unpaired) electrons. The molecule has 1 saturated carbocycles. The lowest BCUT2D eigenvalue weighted by atomic mass is 9.94. The summed E-state index contributed by atoms with van der Waals surface area (Å²) in [6, 6.07) is 9.57. The van der Waals surface area contributed by atoms with Crippen LogP contribution in [0.5, 0.6) is 0 Å². The van der Waals surface area contributed by atoms with E-state index in [-0.39, 0.29) is 17.9 Å². The molecule has 1 aliphatic carbocycles. The predicted octanol–water partition coefficient (Wildman–Crippen LogP) is 2.24. The molecule has 0 bridgehead atoms. The van der Waals surface area contributed by atoms with Crippen molar-refractivity contribution >= 4 is 5.91 Å². The third kappa shape index (κ3) is 3.57. The second-order valence-corrected chi connectivity index (χ2v) is 5.25. The van der Waals surface area contributed by atoms with Crippen molar-refractivity contribution in [2.24, 2.45) is 17.6 Å². The fourth-order valence-corrected chi connectivity index (χ4v) is 2.09. The predicted molar refractivity (Wildman–Crippen MR) is 72.9 cm³/mol. The van der Waals surface area contributed by atoms with Crippen molar-refractivity contribution < 1.29 is 4.79 Å². The number of nitrogens with two attached hydrogens (primary N) is 1. The van der Waals surface area contributed by atoms with Gasteiger partial charge in [0, 0.05) is 12.6 Å². The first-order valence-electron chi connectivity index (χ1n) is 6.76. The van der Waals surface area contributed by atoms with E-state index < -0.39 is 0 Å². The molecule has 3 heteroatoms. The number of carbonyl (C=O) groups excluding carboxylic acids is 1. The number of hydrogen-bond acceptors (Lipinski definition) is 2. The summed E-state index contributed by atoms with van der Waals surface area (Å²) in [6.45, 7) is 2.68. The molecule has 0 saturated heterocycles. The van der Waals surface area contributed by atoms with Crippen LogP contribution in [0.4, 0.5) is 0 Å². The number of nitrogens with one attached hydrogen (secondary N) is 1. The Morgan fingerprint density at radius 2 is 2.06 bits per heavy atom. The number of carbonyl (C=O) groups is 1.